The van der Waals surface area contributed by atoms with Crippen molar-refractivity contribution in [2.24, 2.45) is 28.6 Å². The van der Waals surface area contributed by atoms with Crippen molar-refractivity contribution in [3.8, 4) is 0 Å². The van der Waals surface area contributed by atoms with E-state index in [2.05, 4.69) is 30.9 Å². The third-order valence-corrected chi connectivity index (χ3v) is 9.40. The summed E-state index contributed by atoms with van der Waals surface area (Å²) in [4.78, 5) is 33.2. The molecule has 1 aromatic heterocycles. The molecule has 1 aliphatic heterocycles. The maximum Gasteiger partial charge on any atom is 0.311 e. The van der Waals surface area contributed by atoms with Gasteiger partial charge in [-0.2, -0.15) is 0 Å². The molecule has 0 N–H and O–H groups in total. The molecule has 5 saturated carbocycles. The van der Waals surface area contributed by atoms with Crippen LogP contribution >= 0.6 is 0 Å². The second-order valence-electron chi connectivity index (χ2n) is 11.4. The quantitative estimate of drug-likeness (QED) is 0.563. The topological polar surface area (TPSA) is 59.5 Å². The van der Waals surface area contributed by atoms with E-state index >= 15 is 0 Å². The molecule has 4 bridgehead atoms. The van der Waals surface area contributed by atoms with Crippen LogP contribution in [0.1, 0.15) is 64.5 Å². The maximum atomic E-state index is 13.5. The molecule has 0 aromatic carbocycles. The number of nitrogens with zero attached hydrogens (tertiary/aromatic N) is 2. The minimum atomic E-state index is -0.345. The molecule has 0 radical (unpaired) electrons. The Balaban J connectivity index is 1.36. The number of rotatable bonds is 4. The lowest BCUT2D eigenvalue weighted by atomic mass is 9.46. The third kappa shape index (κ3) is 2.22. The SMILES string of the molecule is COC(=O)C12CC3CC(C1)C(N1C(=O)C(C)(C)C1C1(c4ccccn4)CC1)C(C3)C2. The molecule has 5 heteroatoms. The Morgan fingerprint density at radius 3 is 2.40 bits per heavy atom. The molecule has 1 aromatic rings. The first kappa shape index (κ1) is 18.8. The van der Waals surface area contributed by atoms with Crippen LogP contribution in [0.15, 0.2) is 24.4 Å². The smallest absolute Gasteiger partial charge is 0.311 e. The van der Waals surface area contributed by atoms with Crippen molar-refractivity contribution >= 4 is 11.9 Å². The summed E-state index contributed by atoms with van der Waals surface area (Å²) >= 11 is 0. The van der Waals surface area contributed by atoms with Gasteiger partial charge in [0.15, 0.2) is 0 Å². The van der Waals surface area contributed by atoms with Crippen molar-refractivity contribution in [1.82, 2.24) is 9.88 Å². The zero-order chi connectivity index (χ0) is 20.9. The summed E-state index contributed by atoms with van der Waals surface area (Å²) in [6, 6.07) is 6.68. The molecule has 160 valence electrons. The monoisotopic (exact) mass is 408 g/mol. The minimum absolute atomic E-state index is 0.00731. The molecule has 3 unspecified atom stereocenters. The number of ether oxygens (including phenoxy) is 1. The molecule has 1 saturated heterocycles. The normalized spacial score (nSPS) is 42.0. The van der Waals surface area contributed by atoms with Gasteiger partial charge >= 0.3 is 5.97 Å². The highest BCUT2D eigenvalue weighted by Gasteiger charge is 2.72. The second kappa shape index (κ2) is 5.86. The number of aromatic nitrogens is 1. The Hall–Kier alpha value is -1.91. The van der Waals surface area contributed by atoms with Crippen LogP contribution in [0.2, 0.25) is 0 Å². The van der Waals surface area contributed by atoms with Gasteiger partial charge in [-0.1, -0.05) is 6.07 Å². The first-order valence-corrected chi connectivity index (χ1v) is 11.7. The van der Waals surface area contributed by atoms with Crippen molar-refractivity contribution in [1.29, 1.82) is 0 Å². The fourth-order valence-corrected chi connectivity index (χ4v) is 8.49. The Morgan fingerprint density at radius 2 is 1.83 bits per heavy atom. The number of carbonyl (C=O) groups excluding carboxylic acids is 2. The maximum absolute atomic E-state index is 13.5. The molecule has 3 atom stereocenters. The number of β-lactam (4-membered cyclic amide) rings is 1. The lowest BCUT2D eigenvalue weighted by molar-refractivity contribution is -0.206. The van der Waals surface area contributed by atoms with Crippen molar-refractivity contribution in [2.75, 3.05) is 7.11 Å². The number of hydrogen-bond donors (Lipinski definition) is 0. The highest BCUT2D eigenvalue weighted by atomic mass is 16.5. The van der Waals surface area contributed by atoms with Gasteiger partial charge in [0, 0.05) is 23.3 Å². The highest BCUT2D eigenvalue weighted by molar-refractivity contribution is 5.91. The standard InChI is InChI=1S/C25H32N2O3/c1-23(2)20(25(7-8-25)18-6-4-5-9-26-18)27(21(23)28)19-16-10-15-11-17(19)14-24(12-15,13-16)22(29)30-3/h4-6,9,15-17,19-20H,7-8,10-14H2,1-3H3. The Morgan fingerprint density at radius 1 is 1.13 bits per heavy atom. The van der Waals surface area contributed by atoms with E-state index in [0.717, 1.165) is 50.6 Å². The predicted molar refractivity (Wildman–Crippen MR) is 111 cm³/mol. The van der Waals surface area contributed by atoms with Gasteiger partial charge < -0.3 is 9.64 Å². The van der Waals surface area contributed by atoms with E-state index in [4.69, 9.17) is 9.72 Å². The van der Waals surface area contributed by atoms with E-state index in [0.29, 0.717) is 23.7 Å². The summed E-state index contributed by atoms with van der Waals surface area (Å²) < 4.78 is 5.24. The molecule has 6 aliphatic rings. The van der Waals surface area contributed by atoms with E-state index in [1.165, 1.54) is 7.11 Å². The fraction of sp³-hybridized carbons (Fsp3) is 0.720. The minimum Gasteiger partial charge on any atom is -0.469 e. The van der Waals surface area contributed by atoms with E-state index in [1.54, 1.807) is 0 Å². The van der Waals surface area contributed by atoms with E-state index in [1.807, 2.05) is 12.3 Å². The number of amides is 1. The van der Waals surface area contributed by atoms with Gasteiger partial charge in [0.05, 0.1) is 24.0 Å². The van der Waals surface area contributed by atoms with Gasteiger partial charge in [-0.15, -0.1) is 0 Å². The van der Waals surface area contributed by atoms with Crippen LogP contribution in [0.5, 0.6) is 0 Å². The van der Waals surface area contributed by atoms with Gasteiger partial charge in [0.2, 0.25) is 5.91 Å². The van der Waals surface area contributed by atoms with Gasteiger partial charge in [-0.25, -0.2) is 0 Å². The summed E-state index contributed by atoms with van der Waals surface area (Å²) in [6.07, 6.45) is 9.20. The zero-order valence-electron chi connectivity index (χ0n) is 18.3. The predicted octanol–water partition coefficient (Wildman–Crippen LogP) is 3.72. The summed E-state index contributed by atoms with van der Waals surface area (Å²) in [7, 11) is 1.53. The summed E-state index contributed by atoms with van der Waals surface area (Å²) in [6.45, 7) is 4.26. The molecular weight excluding hydrogens is 376 g/mol. The summed E-state index contributed by atoms with van der Waals surface area (Å²) in [5.74, 6) is 1.76. The van der Waals surface area contributed by atoms with Gasteiger partial charge in [-0.05, 0) is 88.7 Å². The molecule has 6 fully saturated rings. The summed E-state index contributed by atoms with van der Waals surface area (Å²) in [5, 5.41) is 0. The first-order chi connectivity index (χ1) is 14.3. The Bertz CT molecular complexity index is 890. The average molecular weight is 409 g/mol. The summed E-state index contributed by atoms with van der Waals surface area (Å²) in [5.41, 5.74) is 0.519. The van der Waals surface area contributed by atoms with Crippen molar-refractivity contribution in [3.63, 3.8) is 0 Å². The van der Waals surface area contributed by atoms with E-state index < -0.39 is 0 Å². The molecule has 1 amide bonds. The molecular formula is C25H32N2O3. The van der Waals surface area contributed by atoms with Crippen LogP contribution < -0.4 is 0 Å². The first-order valence-electron chi connectivity index (χ1n) is 11.7. The van der Waals surface area contributed by atoms with Crippen molar-refractivity contribution in [2.45, 2.75) is 76.3 Å². The number of likely N-dealkylation sites (tertiary alicyclic amines) is 1. The number of carbonyl (C=O) groups is 2. The van der Waals surface area contributed by atoms with E-state index in [-0.39, 0.29) is 34.3 Å². The number of hydrogen-bond acceptors (Lipinski definition) is 4. The fourth-order valence-electron chi connectivity index (χ4n) is 8.49. The lowest BCUT2D eigenvalue weighted by Crippen LogP contribution is -2.77. The zero-order valence-corrected chi connectivity index (χ0v) is 18.3. The van der Waals surface area contributed by atoms with E-state index in [9.17, 15) is 9.59 Å². The average Bonchev–Trinajstić information content (AvgIpc) is 3.53. The van der Waals surface area contributed by atoms with Crippen LogP contribution in [0, 0.1) is 28.6 Å². The third-order valence-electron chi connectivity index (χ3n) is 9.40. The number of pyridine rings is 1. The van der Waals surface area contributed by atoms with Gasteiger partial charge in [-0.3, -0.25) is 14.6 Å². The van der Waals surface area contributed by atoms with Gasteiger partial charge in [0.25, 0.3) is 0 Å². The van der Waals surface area contributed by atoms with Crippen LogP contribution in [-0.4, -0.2) is 41.0 Å². The van der Waals surface area contributed by atoms with Crippen LogP contribution in [-0.2, 0) is 19.7 Å². The molecule has 2 heterocycles. The van der Waals surface area contributed by atoms with Crippen LogP contribution in [0.4, 0.5) is 0 Å². The number of methoxy groups -OCH3 is 1. The molecule has 0 spiro atoms. The Kier molecular flexibility index (Phi) is 3.68. The molecule has 5 nitrogen and oxygen atoms in total. The molecule has 7 rings (SSSR count). The van der Waals surface area contributed by atoms with Gasteiger partial charge in [0.1, 0.15) is 0 Å². The molecule has 5 aliphatic carbocycles. The van der Waals surface area contributed by atoms with Crippen LogP contribution in [0.3, 0.4) is 0 Å². The Labute approximate surface area is 178 Å². The lowest BCUT2D eigenvalue weighted by Gasteiger charge is -2.67. The van der Waals surface area contributed by atoms with Crippen molar-refractivity contribution < 1.29 is 14.3 Å². The van der Waals surface area contributed by atoms with Crippen molar-refractivity contribution in [3.05, 3.63) is 30.1 Å². The van der Waals surface area contributed by atoms with Crippen LogP contribution in [0.25, 0.3) is 0 Å². The molecule has 30 heavy (non-hydrogen) atoms. The number of esters is 1. The highest BCUT2D eigenvalue weighted by Crippen LogP contribution is 2.66. The second-order valence-corrected chi connectivity index (χ2v) is 11.4. The largest absolute Gasteiger partial charge is 0.469 e.